The van der Waals surface area contributed by atoms with Crippen molar-refractivity contribution in [2.45, 2.75) is 0 Å². The first-order valence-electron chi connectivity index (χ1n) is 17.2. The number of aromatic nitrogens is 2. The molecule has 51 heavy (non-hydrogen) atoms. The number of benzene rings is 7. The van der Waals surface area contributed by atoms with Gasteiger partial charge < -0.3 is 0 Å². The molecular formula is C47H28N2S2. The van der Waals surface area contributed by atoms with Crippen molar-refractivity contribution in [1.29, 1.82) is 0 Å². The minimum Gasteiger partial charge on any atom is -0.294 e. The highest BCUT2D eigenvalue weighted by Gasteiger charge is 2.20. The molecule has 238 valence electrons. The van der Waals surface area contributed by atoms with Gasteiger partial charge >= 0.3 is 0 Å². The maximum Gasteiger partial charge on any atom is 0.138 e. The summed E-state index contributed by atoms with van der Waals surface area (Å²) in [6, 6.07) is 61.6. The lowest BCUT2D eigenvalue weighted by molar-refractivity contribution is 1.09. The van der Waals surface area contributed by atoms with Crippen molar-refractivity contribution in [2.24, 2.45) is 0 Å². The molecule has 0 unspecified atom stereocenters. The van der Waals surface area contributed by atoms with Gasteiger partial charge in [0.2, 0.25) is 0 Å². The van der Waals surface area contributed by atoms with Gasteiger partial charge in [0.15, 0.2) is 0 Å². The number of para-hydroxylation sites is 1. The molecule has 0 atom stereocenters. The fourth-order valence-corrected chi connectivity index (χ4v) is 10.3. The molecule has 2 nitrogen and oxygen atoms in total. The summed E-state index contributed by atoms with van der Waals surface area (Å²) in [5.74, 6) is 0.916. The van der Waals surface area contributed by atoms with Gasteiger partial charge in [-0.1, -0.05) is 133 Å². The predicted octanol–water partition coefficient (Wildman–Crippen LogP) is 13.9. The fraction of sp³-hybridized carbons (Fsp3) is 0. The zero-order valence-corrected chi connectivity index (χ0v) is 29.0. The number of fused-ring (bicyclic) bond motifs is 10. The summed E-state index contributed by atoms with van der Waals surface area (Å²) in [6.07, 6.45) is 0. The zero-order chi connectivity index (χ0) is 33.5. The summed E-state index contributed by atoms with van der Waals surface area (Å²) >= 11 is 3.74. The SMILES string of the molecule is c1ccc(-c2ccc(-c3cc(-c4cccc5c4sc4ccccc45)nc(-n4c5ccccc5c5c6sc7ccccc7c6ccc54)c3)cc2)cc1. The normalized spacial score (nSPS) is 11.9. The molecular weight excluding hydrogens is 657 g/mol. The Morgan fingerprint density at radius 3 is 1.75 bits per heavy atom. The van der Waals surface area contributed by atoms with E-state index >= 15 is 0 Å². The third-order valence-electron chi connectivity index (χ3n) is 10.2. The van der Waals surface area contributed by atoms with Crippen LogP contribution in [0, 0.1) is 0 Å². The van der Waals surface area contributed by atoms with E-state index < -0.39 is 0 Å². The second kappa shape index (κ2) is 11.2. The Morgan fingerprint density at radius 1 is 0.392 bits per heavy atom. The van der Waals surface area contributed by atoms with Crippen LogP contribution in [0.1, 0.15) is 0 Å². The van der Waals surface area contributed by atoms with Crippen LogP contribution in [0.4, 0.5) is 0 Å². The molecule has 0 N–H and O–H groups in total. The van der Waals surface area contributed by atoms with Gasteiger partial charge in [-0.25, -0.2) is 4.98 Å². The summed E-state index contributed by atoms with van der Waals surface area (Å²) in [6.45, 7) is 0. The molecule has 0 spiro atoms. The van der Waals surface area contributed by atoms with Gasteiger partial charge in [-0.05, 0) is 58.7 Å². The lowest BCUT2D eigenvalue weighted by atomic mass is 9.99. The number of hydrogen-bond donors (Lipinski definition) is 0. The monoisotopic (exact) mass is 684 g/mol. The zero-order valence-electron chi connectivity index (χ0n) is 27.4. The van der Waals surface area contributed by atoms with Crippen LogP contribution < -0.4 is 0 Å². The third kappa shape index (κ3) is 4.44. The van der Waals surface area contributed by atoms with Crippen molar-refractivity contribution in [1.82, 2.24) is 9.55 Å². The van der Waals surface area contributed by atoms with Gasteiger partial charge in [0.25, 0.3) is 0 Å². The molecule has 7 aromatic carbocycles. The number of nitrogens with zero attached hydrogens (tertiary/aromatic N) is 2. The van der Waals surface area contributed by atoms with Gasteiger partial charge in [-0.2, -0.15) is 0 Å². The van der Waals surface area contributed by atoms with Crippen LogP contribution in [-0.4, -0.2) is 9.55 Å². The van der Waals surface area contributed by atoms with Crippen molar-refractivity contribution in [3.05, 3.63) is 170 Å². The fourth-order valence-electron chi connectivity index (χ4n) is 7.85. The predicted molar refractivity (Wildman–Crippen MR) is 221 cm³/mol. The van der Waals surface area contributed by atoms with Crippen molar-refractivity contribution in [3.8, 4) is 39.3 Å². The minimum absolute atomic E-state index is 0.916. The molecule has 0 radical (unpaired) electrons. The summed E-state index contributed by atoms with van der Waals surface area (Å²) in [7, 11) is 0. The van der Waals surface area contributed by atoms with E-state index in [1.54, 1.807) is 0 Å². The summed E-state index contributed by atoms with van der Waals surface area (Å²) in [5.41, 5.74) is 9.19. The van der Waals surface area contributed by atoms with Crippen molar-refractivity contribution in [2.75, 3.05) is 0 Å². The van der Waals surface area contributed by atoms with Gasteiger partial charge in [-0.3, -0.25) is 4.57 Å². The van der Waals surface area contributed by atoms with Gasteiger partial charge in [0, 0.05) is 56.7 Å². The molecule has 4 heteroatoms. The number of hydrogen-bond acceptors (Lipinski definition) is 3. The standard InChI is InChI=1S/C47H28N2S2/c1-2-11-29(12-3-1)30-21-23-31(24-22-30)32-27-39(37-17-10-16-35-33-13-5-8-19-42(33)50-46(35)37)48-44(28-32)49-40-18-7-4-15-38(40)45-41(49)26-25-36-34-14-6-9-20-43(34)51-47(36)45/h1-28H. The average molecular weight is 685 g/mol. The lowest BCUT2D eigenvalue weighted by Crippen LogP contribution is -2.00. The van der Waals surface area contributed by atoms with Crippen LogP contribution in [0.3, 0.4) is 0 Å². The molecule has 0 fully saturated rings. The first-order chi connectivity index (χ1) is 25.3. The molecule has 0 aliphatic rings. The van der Waals surface area contributed by atoms with Crippen molar-refractivity contribution >= 4 is 84.8 Å². The Balaban J connectivity index is 1.20. The highest BCUT2D eigenvalue weighted by molar-refractivity contribution is 7.27. The van der Waals surface area contributed by atoms with Crippen LogP contribution in [0.25, 0.3) is 101 Å². The maximum absolute atomic E-state index is 5.55. The first-order valence-corrected chi connectivity index (χ1v) is 18.8. The molecule has 0 saturated heterocycles. The van der Waals surface area contributed by atoms with Crippen LogP contribution in [-0.2, 0) is 0 Å². The highest BCUT2D eigenvalue weighted by Crippen LogP contribution is 2.45. The maximum atomic E-state index is 5.55. The van der Waals surface area contributed by atoms with E-state index in [1.807, 2.05) is 22.7 Å². The number of rotatable bonds is 4. The van der Waals surface area contributed by atoms with E-state index in [1.165, 1.54) is 67.8 Å². The van der Waals surface area contributed by atoms with E-state index in [4.69, 9.17) is 4.98 Å². The van der Waals surface area contributed by atoms with Gasteiger partial charge in [-0.15, -0.1) is 22.7 Å². The number of pyridine rings is 1. The lowest BCUT2D eigenvalue weighted by Gasteiger charge is -2.14. The van der Waals surface area contributed by atoms with Gasteiger partial charge in [0.05, 0.1) is 16.7 Å². The van der Waals surface area contributed by atoms with Gasteiger partial charge in [0.1, 0.15) is 5.82 Å². The molecule has 0 bridgehead atoms. The van der Waals surface area contributed by atoms with Crippen LogP contribution in [0.15, 0.2) is 170 Å². The van der Waals surface area contributed by atoms with E-state index in [2.05, 4.69) is 174 Å². The molecule has 4 heterocycles. The van der Waals surface area contributed by atoms with Crippen molar-refractivity contribution in [3.63, 3.8) is 0 Å². The first kappa shape index (κ1) is 28.7. The average Bonchev–Trinajstić information content (AvgIpc) is 3.88. The largest absolute Gasteiger partial charge is 0.294 e. The molecule has 0 saturated carbocycles. The third-order valence-corrected chi connectivity index (χ3v) is 12.7. The van der Waals surface area contributed by atoms with E-state index in [9.17, 15) is 0 Å². The summed E-state index contributed by atoms with van der Waals surface area (Å²) in [5, 5.41) is 7.73. The van der Waals surface area contributed by atoms with Crippen molar-refractivity contribution < 1.29 is 0 Å². The van der Waals surface area contributed by atoms with E-state index in [-0.39, 0.29) is 0 Å². The van der Waals surface area contributed by atoms with E-state index in [0.717, 1.165) is 33.7 Å². The quantitative estimate of drug-likeness (QED) is 0.180. The molecule has 0 amide bonds. The molecule has 11 rings (SSSR count). The smallest absolute Gasteiger partial charge is 0.138 e. The van der Waals surface area contributed by atoms with Crippen LogP contribution >= 0.6 is 22.7 Å². The Labute approximate surface area is 302 Å². The highest BCUT2D eigenvalue weighted by atomic mass is 32.1. The molecule has 11 aromatic rings. The molecule has 0 aliphatic carbocycles. The Bertz CT molecular complexity index is 3130. The van der Waals surface area contributed by atoms with Crippen LogP contribution in [0.2, 0.25) is 0 Å². The molecule has 4 aromatic heterocycles. The van der Waals surface area contributed by atoms with Crippen LogP contribution in [0.5, 0.6) is 0 Å². The Hall–Kier alpha value is -6.07. The topological polar surface area (TPSA) is 17.8 Å². The number of thiophene rings is 2. The second-order valence-corrected chi connectivity index (χ2v) is 15.2. The summed E-state index contributed by atoms with van der Waals surface area (Å²) in [4.78, 5) is 5.55. The van der Waals surface area contributed by atoms with E-state index in [0.29, 0.717) is 0 Å². The Morgan fingerprint density at radius 2 is 0.980 bits per heavy atom. The Kier molecular flexibility index (Phi) is 6.32. The molecule has 0 aliphatic heterocycles. The summed E-state index contributed by atoms with van der Waals surface area (Å²) < 4.78 is 7.58. The minimum atomic E-state index is 0.916. The second-order valence-electron chi connectivity index (χ2n) is 13.1.